The number of halogens is 5. The van der Waals surface area contributed by atoms with Crippen LogP contribution in [-0.4, -0.2) is 35.4 Å². The summed E-state index contributed by atoms with van der Waals surface area (Å²) in [5.41, 5.74) is -0.794. The summed E-state index contributed by atoms with van der Waals surface area (Å²) in [5.74, 6) is -4.18. The third kappa shape index (κ3) is 4.08. The number of para-hydroxylation sites is 2. The van der Waals surface area contributed by atoms with Crippen LogP contribution in [0.15, 0.2) is 54.6 Å². The van der Waals surface area contributed by atoms with Crippen molar-refractivity contribution in [2.75, 3.05) is 23.3 Å². The molecular formula is C22H20F5N3O. The van der Waals surface area contributed by atoms with Crippen molar-refractivity contribution in [3.05, 3.63) is 60.2 Å². The van der Waals surface area contributed by atoms with Crippen LogP contribution in [0, 0.1) is 0 Å². The Morgan fingerprint density at radius 2 is 1.61 bits per heavy atom. The minimum absolute atomic E-state index is 0.0816. The maximum atomic E-state index is 13.9. The Kier molecular flexibility index (Phi) is 5.36. The van der Waals surface area contributed by atoms with Crippen LogP contribution in [0.5, 0.6) is 5.75 Å². The van der Waals surface area contributed by atoms with Gasteiger partial charge < -0.3 is 15.3 Å². The number of piperidine rings is 1. The van der Waals surface area contributed by atoms with E-state index in [2.05, 4.69) is 10.3 Å². The summed E-state index contributed by atoms with van der Waals surface area (Å²) in [5, 5.41) is 13.7. The summed E-state index contributed by atoms with van der Waals surface area (Å²) < 4.78 is 66.4. The summed E-state index contributed by atoms with van der Waals surface area (Å²) >= 11 is 0. The molecule has 1 saturated heterocycles. The minimum Gasteiger partial charge on any atom is -0.506 e. The second-order valence-corrected chi connectivity index (χ2v) is 7.54. The fourth-order valence-corrected chi connectivity index (χ4v) is 3.81. The molecule has 2 aromatic carbocycles. The lowest BCUT2D eigenvalue weighted by Gasteiger charge is -2.34. The van der Waals surface area contributed by atoms with Crippen LogP contribution in [0.1, 0.15) is 18.4 Å². The van der Waals surface area contributed by atoms with Crippen LogP contribution in [0.4, 0.5) is 33.5 Å². The number of nitrogens with one attached hydrogen (secondary N) is 1. The summed E-state index contributed by atoms with van der Waals surface area (Å²) in [6.07, 6.45) is -4.60. The molecule has 3 aromatic rings. The Hall–Kier alpha value is -3.10. The lowest BCUT2D eigenvalue weighted by atomic mass is 10.0. The number of hydrogen-bond donors (Lipinski definition) is 2. The Bertz CT molecular complexity index is 1080. The number of aromatic nitrogens is 1. The number of rotatable bonds is 4. The molecule has 4 rings (SSSR count). The van der Waals surface area contributed by atoms with Gasteiger partial charge in [0.05, 0.1) is 5.56 Å². The molecule has 9 heteroatoms. The molecule has 2 N–H and O–H groups in total. The molecular weight excluding hydrogens is 417 g/mol. The standard InChI is InChI=1S/C22H20F5N3O/c23-21(24,22(25,26)27)16-5-1-2-6-17(16)28-15-10-12-30(13-11-15)19-9-8-14-4-3-7-18(31)20(14)29-19/h1-9,15,28,31H,10-13H2. The van der Waals surface area contributed by atoms with Crippen molar-refractivity contribution in [1.29, 1.82) is 0 Å². The second-order valence-electron chi connectivity index (χ2n) is 7.54. The Labute approximate surface area is 175 Å². The van der Waals surface area contributed by atoms with Gasteiger partial charge in [0.15, 0.2) is 0 Å². The molecule has 0 saturated carbocycles. The average molecular weight is 437 g/mol. The number of phenols is 1. The van der Waals surface area contributed by atoms with Gasteiger partial charge in [-0.15, -0.1) is 0 Å². The van der Waals surface area contributed by atoms with Gasteiger partial charge in [0.1, 0.15) is 17.1 Å². The Morgan fingerprint density at radius 3 is 2.32 bits per heavy atom. The van der Waals surface area contributed by atoms with E-state index in [1.165, 1.54) is 18.2 Å². The number of hydrogen-bond acceptors (Lipinski definition) is 4. The highest BCUT2D eigenvalue weighted by Crippen LogP contribution is 2.46. The number of aromatic hydroxyl groups is 1. The largest absolute Gasteiger partial charge is 0.506 e. The first-order valence-electron chi connectivity index (χ1n) is 9.81. The molecule has 0 unspecified atom stereocenters. The van der Waals surface area contributed by atoms with E-state index in [0.717, 1.165) is 11.5 Å². The van der Waals surface area contributed by atoms with Crippen molar-refractivity contribution in [3.8, 4) is 5.75 Å². The van der Waals surface area contributed by atoms with E-state index in [4.69, 9.17) is 0 Å². The van der Waals surface area contributed by atoms with Crippen molar-refractivity contribution in [3.63, 3.8) is 0 Å². The van der Waals surface area contributed by atoms with Gasteiger partial charge in [-0.05, 0) is 37.1 Å². The third-order valence-electron chi connectivity index (χ3n) is 5.48. The lowest BCUT2D eigenvalue weighted by molar-refractivity contribution is -0.289. The molecule has 4 nitrogen and oxygen atoms in total. The molecule has 0 aliphatic carbocycles. The molecule has 1 aromatic heterocycles. The van der Waals surface area contributed by atoms with E-state index < -0.39 is 17.7 Å². The highest BCUT2D eigenvalue weighted by Gasteiger charge is 2.59. The van der Waals surface area contributed by atoms with E-state index in [0.29, 0.717) is 37.3 Å². The number of phenolic OH excluding ortho intramolecular Hbond substituents is 1. The predicted octanol–water partition coefficient (Wildman–Crippen LogP) is 5.68. The third-order valence-corrected chi connectivity index (χ3v) is 5.48. The molecule has 0 spiro atoms. The van der Waals surface area contributed by atoms with Gasteiger partial charge in [-0.2, -0.15) is 22.0 Å². The first kappa shape index (κ1) is 21.1. The van der Waals surface area contributed by atoms with Crippen molar-refractivity contribution in [2.24, 2.45) is 0 Å². The fourth-order valence-electron chi connectivity index (χ4n) is 3.81. The first-order chi connectivity index (χ1) is 14.7. The van der Waals surface area contributed by atoms with Gasteiger partial charge in [0, 0.05) is 30.2 Å². The van der Waals surface area contributed by atoms with Gasteiger partial charge in [0.2, 0.25) is 0 Å². The van der Waals surface area contributed by atoms with Crippen LogP contribution >= 0.6 is 0 Å². The molecule has 0 bridgehead atoms. The normalized spacial score (nSPS) is 16.0. The number of nitrogens with zero attached hydrogens (tertiary/aromatic N) is 2. The summed E-state index contributed by atoms with van der Waals surface area (Å²) in [6, 6.07) is 13.2. The zero-order valence-electron chi connectivity index (χ0n) is 16.3. The Balaban J connectivity index is 1.47. The van der Waals surface area contributed by atoms with Crippen molar-refractivity contribution in [1.82, 2.24) is 4.98 Å². The molecule has 1 aliphatic rings. The molecule has 1 fully saturated rings. The smallest absolute Gasteiger partial charge is 0.458 e. The molecule has 0 atom stereocenters. The average Bonchev–Trinajstić information content (AvgIpc) is 2.74. The molecule has 31 heavy (non-hydrogen) atoms. The Morgan fingerprint density at radius 1 is 0.903 bits per heavy atom. The zero-order chi connectivity index (χ0) is 22.2. The number of pyridine rings is 1. The fraction of sp³-hybridized carbons (Fsp3) is 0.318. The molecule has 0 amide bonds. The number of alkyl halides is 5. The maximum absolute atomic E-state index is 13.9. The highest BCUT2D eigenvalue weighted by molar-refractivity contribution is 5.85. The summed E-state index contributed by atoms with van der Waals surface area (Å²) in [6.45, 7) is 1.09. The monoisotopic (exact) mass is 437 g/mol. The first-order valence-corrected chi connectivity index (χ1v) is 9.81. The highest BCUT2D eigenvalue weighted by atomic mass is 19.4. The molecule has 2 heterocycles. The lowest BCUT2D eigenvalue weighted by Crippen LogP contribution is -2.40. The van der Waals surface area contributed by atoms with E-state index in [1.807, 2.05) is 23.1 Å². The number of fused-ring (bicyclic) bond motifs is 1. The van der Waals surface area contributed by atoms with Crippen LogP contribution in [0.2, 0.25) is 0 Å². The van der Waals surface area contributed by atoms with Crippen LogP contribution in [-0.2, 0) is 5.92 Å². The quantitative estimate of drug-likeness (QED) is 0.516. The minimum atomic E-state index is -5.67. The van der Waals surface area contributed by atoms with Gasteiger partial charge in [-0.3, -0.25) is 0 Å². The topological polar surface area (TPSA) is 48.4 Å². The predicted molar refractivity (Wildman–Crippen MR) is 109 cm³/mol. The van der Waals surface area contributed by atoms with Crippen LogP contribution in [0.3, 0.4) is 0 Å². The van der Waals surface area contributed by atoms with Gasteiger partial charge >= 0.3 is 12.1 Å². The van der Waals surface area contributed by atoms with E-state index in [-0.39, 0.29) is 17.5 Å². The number of anilines is 2. The number of benzene rings is 2. The maximum Gasteiger partial charge on any atom is 0.458 e. The molecule has 164 valence electrons. The SMILES string of the molecule is Oc1cccc2ccc(N3CCC(Nc4ccccc4C(F)(F)C(F)(F)F)CC3)nc12. The van der Waals surface area contributed by atoms with Gasteiger partial charge in [-0.25, -0.2) is 4.98 Å². The summed E-state index contributed by atoms with van der Waals surface area (Å²) in [4.78, 5) is 6.51. The zero-order valence-corrected chi connectivity index (χ0v) is 16.3. The second kappa shape index (κ2) is 7.86. The molecule has 1 aliphatic heterocycles. The van der Waals surface area contributed by atoms with E-state index in [9.17, 15) is 27.1 Å². The van der Waals surface area contributed by atoms with Gasteiger partial charge in [0.25, 0.3) is 0 Å². The van der Waals surface area contributed by atoms with Crippen LogP contribution < -0.4 is 10.2 Å². The molecule has 0 radical (unpaired) electrons. The van der Waals surface area contributed by atoms with Crippen molar-refractivity contribution >= 4 is 22.4 Å². The van der Waals surface area contributed by atoms with Crippen molar-refractivity contribution in [2.45, 2.75) is 31.0 Å². The van der Waals surface area contributed by atoms with Crippen LogP contribution in [0.25, 0.3) is 10.9 Å². The summed E-state index contributed by atoms with van der Waals surface area (Å²) in [7, 11) is 0. The van der Waals surface area contributed by atoms with E-state index in [1.54, 1.807) is 12.1 Å². The van der Waals surface area contributed by atoms with E-state index >= 15 is 0 Å². The van der Waals surface area contributed by atoms with Crippen molar-refractivity contribution < 1.29 is 27.1 Å². The van der Waals surface area contributed by atoms with Gasteiger partial charge in [-0.1, -0.05) is 30.3 Å².